The summed E-state index contributed by atoms with van der Waals surface area (Å²) in [5.74, 6) is 0. The van der Waals surface area contributed by atoms with Gasteiger partial charge >= 0.3 is 314 Å². The van der Waals surface area contributed by atoms with Crippen LogP contribution in [-0.2, 0) is 20.4 Å². The summed E-state index contributed by atoms with van der Waals surface area (Å²) >= 11 is 2.41. The molecule has 1 atom stereocenters. The first-order valence-corrected chi connectivity index (χ1v) is 20.5. The monoisotopic (exact) mass is 802 g/mol. The van der Waals surface area contributed by atoms with E-state index in [9.17, 15) is 0 Å². The molecule has 1 unspecified atom stereocenters. The van der Waals surface area contributed by atoms with Crippen LogP contribution in [0.2, 0.25) is 5.04 Å². The van der Waals surface area contributed by atoms with E-state index in [4.69, 9.17) is 0 Å². The van der Waals surface area contributed by atoms with Crippen LogP contribution in [0, 0.1) is 20.8 Å². The summed E-state index contributed by atoms with van der Waals surface area (Å²) in [7, 11) is -2.97. The van der Waals surface area contributed by atoms with E-state index < -0.39 is 8.07 Å². The zero-order chi connectivity index (χ0) is 35.2. The van der Waals surface area contributed by atoms with Crippen molar-refractivity contribution in [2.75, 3.05) is 0 Å². The molecule has 0 saturated carbocycles. The van der Waals surface area contributed by atoms with Crippen LogP contribution in [0.4, 0.5) is 0 Å². The molecule has 6 aromatic rings. The maximum atomic E-state index is 2.57. The molecule has 0 nitrogen and oxygen atoms in total. The predicted octanol–water partition coefficient (Wildman–Crippen LogP) is 2.03. The summed E-state index contributed by atoms with van der Waals surface area (Å²) < 4.78 is 1.49. The smallest absolute Gasteiger partial charge is 1.00 e. The average molecular weight is 804 g/mol. The van der Waals surface area contributed by atoms with Crippen LogP contribution in [0.3, 0.4) is 0 Å². The Morgan fingerprint density at radius 1 is 0.396 bits per heavy atom. The molecule has 0 aliphatic heterocycles. The molecule has 0 amide bonds. The fraction of sp³-hybridized carbons (Fsp3) is 0.167. The van der Waals surface area contributed by atoms with Crippen molar-refractivity contribution in [2.45, 2.75) is 53.5 Å². The second kappa shape index (κ2) is 17.0. The molecule has 0 bridgehead atoms. The first-order valence-electron chi connectivity index (χ1n) is 17.7. The van der Waals surface area contributed by atoms with Crippen molar-refractivity contribution >= 4 is 23.6 Å². The van der Waals surface area contributed by atoms with Crippen molar-refractivity contribution < 1.29 is 57.7 Å². The van der Waals surface area contributed by atoms with E-state index in [1.807, 2.05) is 0 Å². The molecule has 5 heteroatoms. The minimum Gasteiger partial charge on any atom is -1.00 e. The van der Waals surface area contributed by atoms with Crippen molar-refractivity contribution in [3.63, 3.8) is 0 Å². The average Bonchev–Trinajstić information content (AvgIpc) is 3.28. The molecule has 1 aliphatic rings. The quantitative estimate of drug-likeness (QED) is 0.172. The van der Waals surface area contributed by atoms with Crippen LogP contribution in [-0.4, -0.2) is 8.07 Å². The van der Waals surface area contributed by atoms with E-state index in [2.05, 4.69) is 214 Å². The van der Waals surface area contributed by atoms with Gasteiger partial charge in [-0.1, -0.05) is 0 Å². The standard InChI is InChI=1S/C48H45Si.3ClH.Ti/c1-33-14-8-17-39(26-33)42-20-11-23-45(29-42)49(48(7)32-36(4)37(5)38(48)6,46-24-12-21-43(30-46)40-18-9-15-34(2)27-40)47-25-13-22-44(31-47)41-19-10-16-35(3)28-41;;;;/h8-31H,1-7H3;3*1H;/q;;;;+3/p-3. The molecule has 1 aliphatic carbocycles. The van der Waals surface area contributed by atoms with Crippen LogP contribution in [0.5, 0.6) is 0 Å². The van der Waals surface area contributed by atoms with Crippen LogP contribution < -0.4 is 52.8 Å². The van der Waals surface area contributed by atoms with E-state index in [0.29, 0.717) is 0 Å². The van der Waals surface area contributed by atoms with Crippen molar-refractivity contribution in [2.24, 2.45) is 0 Å². The number of halogens is 3. The fourth-order valence-corrected chi connectivity index (χ4v) is 16.2. The molecular formula is C48H45Cl3SiTi. The number of rotatable bonds is 7. The van der Waals surface area contributed by atoms with Crippen LogP contribution in [0.25, 0.3) is 33.4 Å². The molecule has 0 spiro atoms. The van der Waals surface area contributed by atoms with Crippen LogP contribution in [0.15, 0.2) is 166 Å². The van der Waals surface area contributed by atoms with Gasteiger partial charge in [0.2, 0.25) is 0 Å². The Morgan fingerprint density at radius 3 is 0.943 bits per heavy atom. The number of aryl methyl sites for hydroxylation is 3. The van der Waals surface area contributed by atoms with Crippen molar-refractivity contribution in [1.82, 2.24) is 0 Å². The molecule has 6 aromatic carbocycles. The molecule has 0 saturated heterocycles. The summed E-state index contributed by atoms with van der Waals surface area (Å²) in [5, 5.41) is 4.08. The first kappa shape index (κ1) is 42.3. The molecule has 0 N–H and O–H groups in total. The van der Waals surface area contributed by atoms with Crippen molar-refractivity contribution in [3.05, 3.63) is 183 Å². The largest absolute Gasteiger partial charge is 1.00 e. The third-order valence-electron chi connectivity index (χ3n) is 11.4. The third kappa shape index (κ3) is 7.38. The van der Waals surface area contributed by atoms with Crippen LogP contribution >= 0.6 is 0 Å². The minimum atomic E-state index is -2.97. The van der Waals surface area contributed by atoms with Gasteiger partial charge in [0.05, 0.1) is 0 Å². The fourth-order valence-electron chi connectivity index (χ4n) is 8.51. The normalized spacial score (nSPS) is 15.4. The van der Waals surface area contributed by atoms with Crippen molar-refractivity contribution in [1.29, 1.82) is 0 Å². The Hall–Kier alpha value is -3.40. The molecule has 266 valence electrons. The van der Waals surface area contributed by atoms with Gasteiger partial charge in [-0.2, -0.15) is 0 Å². The second-order valence-electron chi connectivity index (χ2n) is 14.5. The maximum Gasteiger partial charge on any atom is -1.00 e. The van der Waals surface area contributed by atoms with Gasteiger partial charge in [-0.25, -0.2) is 0 Å². The van der Waals surface area contributed by atoms with Gasteiger partial charge in [-0.3, -0.25) is 0 Å². The topological polar surface area (TPSA) is 0 Å². The number of hydrogen-bond acceptors (Lipinski definition) is 0. The summed E-state index contributed by atoms with van der Waals surface area (Å²) in [4.78, 5) is 0. The van der Waals surface area contributed by atoms with Gasteiger partial charge in [0.1, 0.15) is 0 Å². The van der Waals surface area contributed by atoms with E-state index >= 15 is 0 Å². The van der Waals surface area contributed by atoms with Gasteiger partial charge in [0.25, 0.3) is 0 Å². The zero-order valence-corrected chi connectivity index (χ0v) is 36.3. The van der Waals surface area contributed by atoms with E-state index in [-0.39, 0.29) is 42.3 Å². The van der Waals surface area contributed by atoms with E-state index in [1.54, 1.807) is 0 Å². The summed E-state index contributed by atoms with van der Waals surface area (Å²) in [6, 6.07) is 55.6. The Kier molecular flexibility index (Phi) is 13.5. The molecular weight excluding hydrogens is 759 g/mol. The van der Waals surface area contributed by atoms with Gasteiger partial charge in [-0.15, -0.1) is 0 Å². The second-order valence-corrected chi connectivity index (χ2v) is 19.5. The Bertz CT molecular complexity index is 2100. The Morgan fingerprint density at radius 2 is 0.679 bits per heavy atom. The number of benzene rings is 6. The summed E-state index contributed by atoms with van der Waals surface area (Å²) in [6.45, 7) is 16.2. The molecule has 0 heterocycles. The van der Waals surface area contributed by atoms with Gasteiger partial charge in [0.15, 0.2) is 0 Å². The minimum absolute atomic E-state index is 0. The Balaban J connectivity index is 0.00000209. The number of allylic oxidation sites excluding steroid dienone is 4. The first-order chi connectivity index (χ1) is 24.0. The van der Waals surface area contributed by atoms with Crippen molar-refractivity contribution in [3.8, 4) is 33.4 Å². The van der Waals surface area contributed by atoms with Gasteiger partial charge < -0.3 is 37.2 Å². The zero-order valence-electron chi connectivity index (χ0n) is 31.5. The molecule has 0 fully saturated rings. The molecule has 0 radical (unpaired) electrons. The molecule has 0 aromatic heterocycles. The van der Waals surface area contributed by atoms with E-state index in [1.165, 1.54) is 86.2 Å². The number of hydrogen-bond donors (Lipinski definition) is 0. The summed E-state index contributed by atoms with van der Waals surface area (Å²) in [6.07, 6.45) is 0. The Labute approximate surface area is 348 Å². The van der Waals surface area contributed by atoms with E-state index in [0.717, 1.165) is 0 Å². The van der Waals surface area contributed by atoms with Crippen LogP contribution in [0.1, 0.15) is 44.4 Å². The van der Waals surface area contributed by atoms with Gasteiger partial charge in [-0.05, 0) is 0 Å². The molecule has 53 heavy (non-hydrogen) atoms. The third-order valence-corrected chi connectivity index (χ3v) is 18.9. The SMILES string of the molecule is CC1=C(C)C(C)([Si](c2cccc(-c3cccc(C)c3)c2)(c2cccc(-c3cccc(C)c3)c2)c2cccc(-c3cccc(C)c3)c2)[C]([Ti+3])=C1C.[Cl-].[Cl-].[Cl-]. The maximum absolute atomic E-state index is 2.97. The van der Waals surface area contributed by atoms with Gasteiger partial charge in [0, 0.05) is 0 Å². The summed E-state index contributed by atoms with van der Waals surface area (Å²) in [5.41, 5.74) is 15.8. The molecule has 7 rings (SSSR count). The predicted molar refractivity (Wildman–Crippen MR) is 214 cm³/mol.